The molecule has 110 valence electrons. The van der Waals surface area contributed by atoms with Crippen LogP contribution >= 0.6 is 15.9 Å². The minimum Gasteiger partial charge on any atom is -0.467 e. The van der Waals surface area contributed by atoms with Crippen LogP contribution in [0.25, 0.3) is 0 Å². The summed E-state index contributed by atoms with van der Waals surface area (Å²) in [5, 5.41) is 3.25. The summed E-state index contributed by atoms with van der Waals surface area (Å²) in [5.41, 5.74) is -0.212. The first kappa shape index (κ1) is 15.4. The van der Waals surface area contributed by atoms with Crippen LogP contribution in [0.3, 0.4) is 0 Å². The molecule has 1 N–H and O–H groups in total. The van der Waals surface area contributed by atoms with Gasteiger partial charge in [-0.15, -0.1) is 0 Å². The second kappa shape index (κ2) is 6.20. The number of carbonyl (C=O) groups is 1. The second-order valence-corrected chi connectivity index (χ2v) is 5.78. The summed E-state index contributed by atoms with van der Waals surface area (Å²) in [6.07, 6.45) is 0. The molecular formula is C14H18BrFN2O2. The van der Waals surface area contributed by atoms with E-state index in [-0.39, 0.29) is 11.8 Å². The molecule has 4 nitrogen and oxygen atoms in total. The van der Waals surface area contributed by atoms with E-state index in [4.69, 9.17) is 4.74 Å². The Kier molecular flexibility index (Phi) is 4.78. The third kappa shape index (κ3) is 2.73. The van der Waals surface area contributed by atoms with Gasteiger partial charge in [0, 0.05) is 30.7 Å². The lowest BCUT2D eigenvalue weighted by atomic mass is 9.89. The summed E-state index contributed by atoms with van der Waals surface area (Å²) in [6.45, 7) is 4.91. The minimum atomic E-state index is -0.927. The highest BCUT2D eigenvalue weighted by Crippen LogP contribution is 2.35. The maximum absolute atomic E-state index is 13.3. The Morgan fingerprint density at radius 3 is 2.65 bits per heavy atom. The number of nitrogens with zero attached hydrogens (tertiary/aromatic N) is 1. The van der Waals surface area contributed by atoms with Gasteiger partial charge in [-0.25, -0.2) is 9.18 Å². The Labute approximate surface area is 126 Å². The van der Waals surface area contributed by atoms with Crippen molar-refractivity contribution in [3.63, 3.8) is 0 Å². The fourth-order valence-electron chi connectivity index (χ4n) is 2.60. The fourth-order valence-corrected chi connectivity index (χ4v) is 3.34. The summed E-state index contributed by atoms with van der Waals surface area (Å²) in [6, 6.07) is 4.38. The van der Waals surface area contributed by atoms with Crippen molar-refractivity contribution in [3.8, 4) is 0 Å². The number of methoxy groups -OCH3 is 1. The minimum absolute atomic E-state index is 0.340. The van der Waals surface area contributed by atoms with E-state index in [0.717, 1.165) is 26.2 Å². The normalized spacial score (nSPS) is 19.4. The molecule has 0 radical (unpaired) electrons. The number of hydrogen-bond donors (Lipinski definition) is 1. The highest BCUT2D eigenvalue weighted by atomic mass is 79.9. The van der Waals surface area contributed by atoms with Crippen LogP contribution in [0.5, 0.6) is 0 Å². The largest absolute Gasteiger partial charge is 0.467 e. The van der Waals surface area contributed by atoms with Gasteiger partial charge < -0.3 is 10.1 Å². The zero-order valence-electron chi connectivity index (χ0n) is 11.6. The molecule has 1 heterocycles. The number of esters is 1. The topological polar surface area (TPSA) is 41.6 Å². The molecule has 0 aliphatic carbocycles. The first-order chi connectivity index (χ1) is 9.50. The van der Waals surface area contributed by atoms with Crippen LogP contribution in [0.4, 0.5) is 4.39 Å². The first-order valence-electron chi connectivity index (χ1n) is 6.50. The van der Waals surface area contributed by atoms with Crippen molar-refractivity contribution in [2.24, 2.45) is 0 Å². The maximum atomic E-state index is 13.3. The van der Waals surface area contributed by atoms with Crippen molar-refractivity contribution in [3.05, 3.63) is 34.1 Å². The summed E-state index contributed by atoms with van der Waals surface area (Å²) in [5.74, 6) is -0.681. The Morgan fingerprint density at radius 1 is 1.45 bits per heavy atom. The number of benzene rings is 1. The van der Waals surface area contributed by atoms with Crippen LogP contribution in [-0.2, 0) is 15.1 Å². The summed E-state index contributed by atoms with van der Waals surface area (Å²) < 4.78 is 18.9. The van der Waals surface area contributed by atoms with Crippen LogP contribution < -0.4 is 5.32 Å². The molecule has 1 unspecified atom stereocenters. The van der Waals surface area contributed by atoms with Crippen molar-refractivity contribution in [2.45, 2.75) is 12.5 Å². The Hall–Kier alpha value is -0.980. The molecule has 1 aliphatic heterocycles. The van der Waals surface area contributed by atoms with E-state index in [1.807, 2.05) is 6.92 Å². The van der Waals surface area contributed by atoms with Gasteiger partial charge in [-0.05, 0) is 24.6 Å². The molecule has 0 saturated carbocycles. The SMILES string of the molecule is COC(=O)C(C)(c1ccc(F)cc1Br)N1CCNCC1. The van der Waals surface area contributed by atoms with Gasteiger partial charge in [0.1, 0.15) is 11.4 Å². The van der Waals surface area contributed by atoms with Crippen LogP contribution in [0.2, 0.25) is 0 Å². The van der Waals surface area contributed by atoms with Gasteiger partial charge in [0.05, 0.1) is 7.11 Å². The van der Waals surface area contributed by atoms with E-state index in [0.29, 0.717) is 10.0 Å². The van der Waals surface area contributed by atoms with Crippen LogP contribution in [0.1, 0.15) is 12.5 Å². The molecule has 0 spiro atoms. The summed E-state index contributed by atoms with van der Waals surface area (Å²) in [7, 11) is 1.38. The van der Waals surface area contributed by atoms with E-state index in [2.05, 4.69) is 26.1 Å². The van der Waals surface area contributed by atoms with Crippen LogP contribution in [-0.4, -0.2) is 44.2 Å². The Balaban J connectivity index is 2.47. The zero-order valence-corrected chi connectivity index (χ0v) is 13.2. The molecule has 1 saturated heterocycles. The Morgan fingerprint density at radius 2 is 2.10 bits per heavy atom. The lowest BCUT2D eigenvalue weighted by molar-refractivity contribution is -0.155. The third-order valence-electron chi connectivity index (χ3n) is 3.79. The lowest BCUT2D eigenvalue weighted by Gasteiger charge is -2.42. The predicted octanol–water partition coefficient (Wildman–Crippen LogP) is 1.88. The maximum Gasteiger partial charge on any atom is 0.330 e. The molecular weight excluding hydrogens is 327 g/mol. The molecule has 1 fully saturated rings. The number of nitrogens with one attached hydrogen (secondary N) is 1. The molecule has 0 bridgehead atoms. The quantitative estimate of drug-likeness (QED) is 0.850. The van der Waals surface area contributed by atoms with E-state index >= 15 is 0 Å². The number of hydrogen-bond acceptors (Lipinski definition) is 4. The number of carbonyl (C=O) groups excluding carboxylic acids is 1. The molecule has 1 atom stereocenters. The lowest BCUT2D eigenvalue weighted by Crippen LogP contribution is -2.57. The molecule has 1 aromatic rings. The number of rotatable bonds is 3. The smallest absolute Gasteiger partial charge is 0.330 e. The number of ether oxygens (including phenoxy) is 1. The third-order valence-corrected chi connectivity index (χ3v) is 4.44. The molecule has 0 aromatic heterocycles. The molecule has 0 amide bonds. The molecule has 1 aromatic carbocycles. The highest BCUT2D eigenvalue weighted by molar-refractivity contribution is 9.10. The standard InChI is InChI=1S/C14H18BrFN2O2/c1-14(13(19)20-2,18-7-5-17-6-8-18)11-4-3-10(16)9-12(11)15/h3-4,9,17H,5-8H2,1-2H3. The van der Waals surface area contributed by atoms with Crippen molar-refractivity contribution >= 4 is 21.9 Å². The van der Waals surface area contributed by atoms with Crippen molar-refractivity contribution in [1.29, 1.82) is 0 Å². The summed E-state index contributed by atoms with van der Waals surface area (Å²) in [4.78, 5) is 14.4. The van der Waals surface area contributed by atoms with Gasteiger partial charge in [0.15, 0.2) is 0 Å². The monoisotopic (exact) mass is 344 g/mol. The number of halogens is 2. The highest BCUT2D eigenvalue weighted by Gasteiger charge is 2.43. The van der Waals surface area contributed by atoms with Gasteiger partial charge in [-0.2, -0.15) is 0 Å². The summed E-state index contributed by atoms with van der Waals surface area (Å²) >= 11 is 3.36. The zero-order chi connectivity index (χ0) is 14.8. The van der Waals surface area contributed by atoms with Gasteiger partial charge >= 0.3 is 5.97 Å². The van der Waals surface area contributed by atoms with Gasteiger partial charge in [0.25, 0.3) is 0 Å². The average Bonchev–Trinajstić information content (AvgIpc) is 2.46. The Bertz CT molecular complexity index is 506. The van der Waals surface area contributed by atoms with Gasteiger partial charge in [0.2, 0.25) is 0 Å². The van der Waals surface area contributed by atoms with Crippen molar-refractivity contribution < 1.29 is 13.9 Å². The fraction of sp³-hybridized carbons (Fsp3) is 0.500. The molecule has 1 aliphatic rings. The molecule has 6 heteroatoms. The van der Waals surface area contributed by atoms with E-state index < -0.39 is 5.54 Å². The van der Waals surface area contributed by atoms with Crippen LogP contribution in [0, 0.1) is 5.82 Å². The van der Waals surface area contributed by atoms with E-state index in [1.165, 1.54) is 19.2 Å². The molecule has 2 rings (SSSR count). The first-order valence-corrected chi connectivity index (χ1v) is 7.29. The van der Waals surface area contributed by atoms with E-state index in [9.17, 15) is 9.18 Å². The predicted molar refractivity (Wildman–Crippen MR) is 77.9 cm³/mol. The number of piperazine rings is 1. The van der Waals surface area contributed by atoms with Crippen LogP contribution in [0.15, 0.2) is 22.7 Å². The second-order valence-electron chi connectivity index (χ2n) is 4.93. The van der Waals surface area contributed by atoms with Gasteiger partial charge in [-0.3, -0.25) is 4.90 Å². The van der Waals surface area contributed by atoms with Crippen molar-refractivity contribution in [1.82, 2.24) is 10.2 Å². The van der Waals surface area contributed by atoms with Gasteiger partial charge in [-0.1, -0.05) is 22.0 Å². The average molecular weight is 345 g/mol. The van der Waals surface area contributed by atoms with Crippen molar-refractivity contribution in [2.75, 3.05) is 33.3 Å². The van der Waals surface area contributed by atoms with E-state index in [1.54, 1.807) is 6.07 Å². The molecule has 20 heavy (non-hydrogen) atoms.